The molecular weight excluding hydrogens is 208 g/mol. The van der Waals surface area contributed by atoms with Crippen LogP contribution in [0, 0.1) is 0 Å². The molecule has 0 aliphatic rings. The van der Waals surface area contributed by atoms with Gasteiger partial charge in [0.05, 0.1) is 5.75 Å². The molecule has 0 bridgehead atoms. The molecule has 0 fully saturated rings. The van der Waals surface area contributed by atoms with Gasteiger partial charge in [0, 0.05) is 12.3 Å². The Morgan fingerprint density at radius 2 is 2.14 bits per heavy atom. The number of nitrogens with one attached hydrogen (secondary N) is 1. The van der Waals surface area contributed by atoms with E-state index in [1.54, 1.807) is 6.92 Å². The Morgan fingerprint density at radius 3 is 2.64 bits per heavy atom. The third kappa shape index (κ3) is 7.96. The van der Waals surface area contributed by atoms with Gasteiger partial charge in [0.25, 0.3) is 0 Å². The van der Waals surface area contributed by atoms with Crippen LogP contribution in [0.5, 0.6) is 0 Å². The first-order chi connectivity index (χ1) is 6.48. The van der Waals surface area contributed by atoms with E-state index < -0.39 is 15.7 Å². The van der Waals surface area contributed by atoms with E-state index in [9.17, 15) is 13.2 Å². The molecule has 1 amide bonds. The van der Waals surface area contributed by atoms with Crippen molar-refractivity contribution in [1.29, 1.82) is 0 Å². The SMILES string of the molecule is CCS(=O)(=O)CCCNOCC(N)=O. The van der Waals surface area contributed by atoms with Crippen LogP contribution in [0.15, 0.2) is 0 Å². The number of primary amides is 1. The molecule has 14 heavy (non-hydrogen) atoms. The van der Waals surface area contributed by atoms with Crippen LogP contribution in [0.1, 0.15) is 13.3 Å². The predicted molar refractivity (Wildman–Crippen MR) is 52.1 cm³/mol. The van der Waals surface area contributed by atoms with Crippen LogP contribution in [0.3, 0.4) is 0 Å². The number of rotatable bonds is 8. The molecule has 0 rings (SSSR count). The molecule has 0 aromatic carbocycles. The highest BCUT2D eigenvalue weighted by Crippen LogP contribution is 1.91. The molecule has 6 nitrogen and oxygen atoms in total. The molecule has 0 radical (unpaired) electrons. The molecule has 0 unspecified atom stereocenters. The summed E-state index contributed by atoms with van der Waals surface area (Å²) < 4.78 is 22.0. The summed E-state index contributed by atoms with van der Waals surface area (Å²) >= 11 is 0. The molecule has 0 aliphatic carbocycles. The van der Waals surface area contributed by atoms with Crippen LogP contribution in [-0.4, -0.2) is 39.0 Å². The second kappa shape index (κ2) is 6.74. The normalized spacial score (nSPS) is 11.5. The van der Waals surface area contributed by atoms with Gasteiger partial charge in [-0.05, 0) is 6.42 Å². The third-order valence-corrected chi connectivity index (χ3v) is 3.28. The number of hydrogen-bond acceptors (Lipinski definition) is 5. The summed E-state index contributed by atoms with van der Waals surface area (Å²) in [7, 11) is -2.91. The first-order valence-electron chi connectivity index (χ1n) is 4.31. The lowest BCUT2D eigenvalue weighted by atomic mass is 10.5. The van der Waals surface area contributed by atoms with Gasteiger partial charge in [0.1, 0.15) is 16.4 Å². The Labute approximate surface area is 83.7 Å². The van der Waals surface area contributed by atoms with E-state index in [-0.39, 0.29) is 18.1 Å². The van der Waals surface area contributed by atoms with Crippen LogP contribution >= 0.6 is 0 Å². The van der Waals surface area contributed by atoms with Crippen molar-refractivity contribution in [2.45, 2.75) is 13.3 Å². The molecule has 0 atom stereocenters. The highest BCUT2D eigenvalue weighted by atomic mass is 32.2. The number of hydroxylamine groups is 1. The lowest BCUT2D eigenvalue weighted by Crippen LogP contribution is -2.26. The summed E-state index contributed by atoms with van der Waals surface area (Å²) in [6.07, 6.45) is 0.453. The van der Waals surface area contributed by atoms with Crippen LogP contribution in [0.4, 0.5) is 0 Å². The van der Waals surface area contributed by atoms with Gasteiger partial charge in [-0.3, -0.25) is 9.63 Å². The number of hydrogen-bond donors (Lipinski definition) is 2. The predicted octanol–water partition coefficient (Wildman–Crippen LogP) is -1.18. The van der Waals surface area contributed by atoms with Crippen LogP contribution < -0.4 is 11.2 Å². The highest BCUT2D eigenvalue weighted by molar-refractivity contribution is 7.91. The zero-order chi connectivity index (χ0) is 11.0. The Morgan fingerprint density at radius 1 is 1.50 bits per heavy atom. The zero-order valence-corrected chi connectivity index (χ0v) is 8.97. The topological polar surface area (TPSA) is 98.5 Å². The Kier molecular flexibility index (Phi) is 6.43. The molecule has 0 heterocycles. The molecule has 84 valence electrons. The molecule has 0 aliphatic heterocycles. The second-order valence-electron chi connectivity index (χ2n) is 2.74. The van der Waals surface area contributed by atoms with Crippen molar-refractivity contribution < 1.29 is 18.0 Å². The van der Waals surface area contributed by atoms with E-state index in [2.05, 4.69) is 10.3 Å². The van der Waals surface area contributed by atoms with Gasteiger partial charge < -0.3 is 5.73 Å². The molecule has 0 aromatic rings. The summed E-state index contributed by atoms with van der Waals surface area (Å²) in [5.74, 6) is -0.301. The molecular formula is C7H16N2O4S. The average Bonchev–Trinajstić information content (AvgIpc) is 2.10. The Bertz CT molecular complexity index is 263. The summed E-state index contributed by atoms with van der Waals surface area (Å²) in [5.41, 5.74) is 7.25. The standard InChI is InChI=1S/C7H16N2O4S/c1-2-14(11,12)5-3-4-9-13-6-7(8)10/h9H,2-6H2,1H3,(H2,8,10). The first kappa shape index (κ1) is 13.3. The minimum atomic E-state index is -2.91. The molecule has 0 saturated heterocycles. The van der Waals surface area contributed by atoms with Crippen molar-refractivity contribution in [2.75, 3.05) is 24.7 Å². The quantitative estimate of drug-likeness (QED) is 0.399. The molecule has 0 saturated carbocycles. The number of carbonyl (C=O) groups is 1. The lowest BCUT2D eigenvalue weighted by Gasteiger charge is -2.03. The van der Waals surface area contributed by atoms with Crippen LogP contribution in [0.25, 0.3) is 0 Å². The van der Waals surface area contributed by atoms with Gasteiger partial charge in [0.2, 0.25) is 5.91 Å². The Hall–Kier alpha value is -0.660. The summed E-state index contributed by atoms with van der Waals surface area (Å²) in [6, 6.07) is 0. The number of carbonyl (C=O) groups excluding carboxylic acids is 1. The summed E-state index contributed by atoms with van der Waals surface area (Å²) in [5, 5.41) is 0. The highest BCUT2D eigenvalue weighted by Gasteiger charge is 2.05. The van der Waals surface area contributed by atoms with Gasteiger partial charge in [-0.15, -0.1) is 0 Å². The second-order valence-corrected chi connectivity index (χ2v) is 5.21. The Balaban J connectivity index is 3.35. The van der Waals surface area contributed by atoms with Crippen molar-refractivity contribution in [3.8, 4) is 0 Å². The van der Waals surface area contributed by atoms with Crippen molar-refractivity contribution in [2.24, 2.45) is 5.73 Å². The van der Waals surface area contributed by atoms with E-state index in [0.717, 1.165) is 0 Å². The fourth-order valence-electron chi connectivity index (χ4n) is 0.703. The van der Waals surface area contributed by atoms with E-state index >= 15 is 0 Å². The number of sulfone groups is 1. The summed E-state index contributed by atoms with van der Waals surface area (Å²) in [4.78, 5) is 14.8. The van der Waals surface area contributed by atoms with Crippen molar-refractivity contribution >= 4 is 15.7 Å². The fraction of sp³-hybridized carbons (Fsp3) is 0.857. The third-order valence-electron chi connectivity index (χ3n) is 1.49. The molecule has 0 spiro atoms. The van der Waals surface area contributed by atoms with E-state index in [4.69, 9.17) is 5.73 Å². The molecule has 0 aromatic heterocycles. The van der Waals surface area contributed by atoms with E-state index in [0.29, 0.717) is 13.0 Å². The molecule has 3 N–H and O–H groups in total. The van der Waals surface area contributed by atoms with E-state index in [1.165, 1.54) is 0 Å². The van der Waals surface area contributed by atoms with Gasteiger partial charge in [-0.2, -0.15) is 0 Å². The number of amides is 1. The van der Waals surface area contributed by atoms with Crippen molar-refractivity contribution in [3.05, 3.63) is 0 Å². The van der Waals surface area contributed by atoms with Crippen molar-refractivity contribution in [1.82, 2.24) is 5.48 Å². The van der Waals surface area contributed by atoms with E-state index in [1.807, 2.05) is 0 Å². The smallest absolute Gasteiger partial charge is 0.245 e. The summed E-state index contributed by atoms with van der Waals surface area (Å²) in [6.45, 7) is 1.78. The minimum Gasteiger partial charge on any atom is -0.368 e. The van der Waals surface area contributed by atoms with Crippen LogP contribution in [0.2, 0.25) is 0 Å². The minimum absolute atomic E-state index is 0.121. The van der Waals surface area contributed by atoms with Gasteiger partial charge in [0.15, 0.2) is 0 Å². The first-order valence-corrected chi connectivity index (χ1v) is 6.13. The largest absolute Gasteiger partial charge is 0.368 e. The van der Waals surface area contributed by atoms with Gasteiger partial charge in [-0.1, -0.05) is 6.92 Å². The van der Waals surface area contributed by atoms with Gasteiger partial charge in [-0.25, -0.2) is 13.9 Å². The molecule has 7 heteroatoms. The maximum Gasteiger partial charge on any atom is 0.245 e. The maximum atomic E-state index is 11.0. The number of nitrogens with two attached hydrogens (primary N) is 1. The monoisotopic (exact) mass is 224 g/mol. The average molecular weight is 224 g/mol. The fourth-order valence-corrected chi connectivity index (χ4v) is 1.58. The van der Waals surface area contributed by atoms with Gasteiger partial charge >= 0.3 is 0 Å². The zero-order valence-electron chi connectivity index (χ0n) is 8.15. The van der Waals surface area contributed by atoms with Crippen LogP contribution in [-0.2, 0) is 19.5 Å². The maximum absolute atomic E-state index is 11.0. The lowest BCUT2D eigenvalue weighted by molar-refractivity contribution is -0.125. The van der Waals surface area contributed by atoms with Crippen molar-refractivity contribution in [3.63, 3.8) is 0 Å².